The minimum absolute atomic E-state index is 0.763. The highest BCUT2D eigenvalue weighted by molar-refractivity contribution is 4.65. The van der Waals surface area contributed by atoms with E-state index in [9.17, 15) is 0 Å². The molecular formula is C13H29N. The molecule has 0 saturated carbocycles. The zero-order valence-corrected chi connectivity index (χ0v) is 10.6. The van der Waals surface area contributed by atoms with Gasteiger partial charge in [0.05, 0.1) is 0 Å². The quantitative estimate of drug-likeness (QED) is 0.592. The van der Waals surface area contributed by atoms with Gasteiger partial charge in [0.15, 0.2) is 0 Å². The fourth-order valence-electron chi connectivity index (χ4n) is 1.72. The minimum atomic E-state index is 0.763. The molecule has 1 nitrogen and oxygen atoms in total. The van der Waals surface area contributed by atoms with E-state index in [-0.39, 0.29) is 0 Å². The van der Waals surface area contributed by atoms with Crippen LogP contribution in [0, 0.1) is 5.92 Å². The highest BCUT2D eigenvalue weighted by Gasteiger charge is 2.05. The van der Waals surface area contributed by atoms with Gasteiger partial charge in [-0.25, -0.2) is 0 Å². The summed E-state index contributed by atoms with van der Waals surface area (Å²) < 4.78 is 0. The molecule has 1 N–H and O–H groups in total. The molecule has 0 bridgehead atoms. The number of hydrogen-bond acceptors (Lipinski definition) is 1. The van der Waals surface area contributed by atoms with Crippen molar-refractivity contribution in [1.82, 2.24) is 5.32 Å². The molecule has 0 aliphatic carbocycles. The normalized spacial score (nSPS) is 15.4. The predicted octanol–water partition coefficient (Wildman–Crippen LogP) is 3.98. The summed E-state index contributed by atoms with van der Waals surface area (Å²) in [5, 5.41) is 3.61. The van der Waals surface area contributed by atoms with Crippen molar-refractivity contribution in [3.63, 3.8) is 0 Å². The van der Waals surface area contributed by atoms with Crippen LogP contribution < -0.4 is 5.32 Å². The Bertz CT molecular complexity index is 112. The van der Waals surface area contributed by atoms with Crippen LogP contribution in [-0.4, -0.2) is 12.6 Å². The first kappa shape index (κ1) is 14.0. The second kappa shape index (κ2) is 9.51. The maximum Gasteiger partial charge on any atom is 0.00644 e. The summed E-state index contributed by atoms with van der Waals surface area (Å²) in [5.41, 5.74) is 0. The van der Waals surface area contributed by atoms with Crippen molar-refractivity contribution in [3.05, 3.63) is 0 Å². The smallest absolute Gasteiger partial charge is 0.00644 e. The van der Waals surface area contributed by atoms with Crippen LogP contribution in [0.5, 0.6) is 0 Å². The SMILES string of the molecule is CCCNC(CC)CCCC(C)CC. The Hall–Kier alpha value is -0.0400. The molecule has 0 aromatic heterocycles. The van der Waals surface area contributed by atoms with E-state index in [1.807, 2.05) is 0 Å². The van der Waals surface area contributed by atoms with Gasteiger partial charge in [0.25, 0.3) is 0 Å². The molecule has 0 fully saturated rings. The van der Waals surface area contributed by atoms with Crippen LogP contribution in [0.4, 0.5) is 0 Å². The molecule has 0 spiro atoms. The molecule has 14 heavy (non-hydrogen) atoms. The maximum atomic E-state index is 3.61. The molecule has 0 aliphatic rings. The molecule has 0 aliphatic heterocycles. The topological polar surface area (TPSA) is 12.0 Å². The highest BCUT2D eigenvalue weighted by atomic mass is 14.9. The molecular weight excluding hydrogens is 170 g/mol. The van der Waals surface area contributed by atoms with E-state index < -0.39 is 0 Å². The second-order valence-electron chi connectivity index (χ2n) is 4.50. The third-order valence-electron chi connectivity index (χ3n) is 3.12. The fourth-order valence-corrected chi connectivity index (χ4v) is 1.72. The molecule has 0 aromatic rings. The summed E-state index contributed by atoms with van der Waals surface area (Å²) in [6.07, 6.45) is 8.02. The van der Waals surface area contributed by atoms with Gasteiger partial charge in [0, 0.05) is 6.04 Å². The third kappa shape index (κ3) is 7.37. The molecule has 0 rings (SSSR count). The largest absolute Gasteiger partial charge is 0.314 e. The lowest BCUT2D eigenvalue weighted by Gasteiger charge is -2.17. The van der Waals surface area contributed by atoms with E-state index in [4.69, 9.17) is 0 Å². The lowest BCUT2D eigenvalue weighted by atomic mass is 9.98. The zero-order chi connectivity index (χ0) is 10.8. The first-order valence-corrected chi connectivity index (χ1v) is 6.47. The van der Waals surface area contributed by atoms with Crippen molar-refractivity contribution < 1.29 is 0 Å². The van der Waals surface area contributed by atoms with Crippen molar-refractivity contribution in [2.75, 3.05) is 6.54 Å². The van der Waals surface area contributed by atoms with E-state index in [0.717, 1.165) is 12.0 Å². The molecule has 2 unspecified atom stereocenters. The Morgan fingerprint density at radius 3 is 2.21 bits per heavy atom. The van der Waals surface area contributed by atoms with E-state index in [2.05, 4.69) is 33.0 Å². The number of nitrogens with one attached hydrogen (secondary N) is 1. The van der Waals surface area contributed by atoms with Crippen LogP contribution in [0.15, 0.2) is 0 Å². The van der Waals surface area contributed by atoms with E-state index in [0.29, 0.717) is 0 Å². The standard InChI is InChI=1S/C13H29N/c1-5-11-14-13(7-3)10-8-9-12(4)6-2/h12-14H,5-11H2,1-4H3. The van der Waals surface area contributed by atoms with Gasteiger partial charge in [0.1, 0.15) is 0 Å². The van der Waals surface area contributed by atoms with Gasteiger partial charge in [-0.2, -0.15) is 0 Å². The summed E-state index contributed by atoms with van der Waals surface area (Å²) in [4.78, 5) is 0. The lowest BCUT2D eigenvalue weighted by Crippen LogP contribution is -2.29. The Morgan fingerprint density at radius 2 is 1.71 bits per heavy atom. The zero-order valence-electron chi connectivity index (χ0n) is 10.6. The van der Waals surface area contributed by atoms with Gasteiger partial charge in [-0.1, -0.05) is 47.0 Å². The van der Waals surface area contributed by atoms with Gasteiger partial charge >= 0.3 is 0 Å². The number of rotatable bonds is 9. The summed E-state index contributed by atoms with van der Waals surface area (Å²) in [5.74, 6) is 0.915. The molecule has 1 heteroatoms. The molecule has 0 amide bonds. The van der Waals surface area contributed by atoms with Gasteiger partial charge in [-0.3, -0.25) is 0 Å². The van der Waals surface area contributed by atoms with E-state index in [1.54, 1.807) is 0 Å². The van der Waals surface area contributed by atoms with Gasteiger partial charge in [0.2, 0.25) is 0 Å². The Balaban J connectivity index is 3.42. The maximum absolute atomic E-state index is 3.61. The average Bonchev–Trinajstić information content (AvgIpc) is 2.22. The van der Waals surface area contributed by atoms with Crippen molar-refractivity contribution in [2.45, 2.75) is 72.3 Å². The summed E-state index contributed by atoms with van der Waals surface area (Å²) in [6.45, 7) is 10.4. The highest BCUT2D eigenvalue weighted by Crippen LogP contribution is 2.13. The fraction of sp³-hybridized carbons (Fsp3) is 1.00. The van der Waals surface area contributed by atoms with Gasteiger partial charge in [-0.05, 0) is 31.7 Å². The van der Waals surface area contributed by atoms with Crippen LogP contribution >= 0.6 is 0 Å². The Kier molecular flexibility index (Phi) is 9.49. The third-order valence-corrected chi connectivity index (χ3v) is 3.12. The van der Waals surface area contributed by atoms with E-state index >= 15 is 0 Å². The van der Waals surface area contributed by atoms with Crippen molar-refractivity contribution in [1.29, 1.82) is 0 Å². The van der Waals surface area contributed by atoms with Crippen LogP contribution in [0.1, 0.15) is 66.2 Å². The van der Waals surface area contributed by atoms with Gasteiger partial charge in [-0.15, -0.1) is 0 Å². The monoisotopic (exact) mass is 199 g/mol. The van der Waals surface area contributed by atoms with Crippen molar-refractivity contribution >= 4 is 0 Å². The molecule has 2 atom stereocenters. The predicted molar refractivity (Wildman–Crippen MR) is 65.7 cm³/mol. The second-order valence-corrected chi connectivity index (χ2v) is 4.50. The van der Waals surface area contributed by atoms with Crippen LogP contribution in [0.2, 0.25) is 0 Å². The van der Waals surface area contributed by atoms with Crippen molar-refractivity contribution in [2.24, 2.45) is 5.92 Å². The molecule has 0 radical (unpaired) electrons. The Morgan fingerprint density at radius 1 is 1.00 bits per heavy atom. The molecule has 86 valence electrons. The molecule has 0 saturated heterocycles. The summed E-state index contributed by atoms with van der Waals surface area (Å²) in [7, 11) is 0. The van der Waals surface area contributed by atoms with Crippen LogP contribution in [0.25, 0.3) is 0 Å². The summed E-state index contributed by atoms with van der Waals surface area (Å²) >= 11 is 0. The summed E-state index contributed by atoms with van der Waals surface area (Å²) in [6, 6.07) is 0.763. The number of hydrogen-bond donors (Lipinski definition) is 1. The molecule has 0 heterocycles. The van der Waals surface area contributed by atoms with Crippen molar-refractivity contribution in [3.8, 4) is 0 Å². The minimum Gasteiger partial charge on any atom is -0.314 e. The van der Waals surface area contributed by atoms with Gasteiger partial charge < -0.3 is 5.32 Å². The average molecular weight is 199 g/mol. The lowest BCUT2D eigenvalue weighted by molar-refractivity contribution is 0.414. The first-order chi connectivity index (χ1) is 6.74. The first-order valence-electron chi connectivity index (χ1n) is 6.47. The van der Waals surface area contributed by atoms with Crippen LogP contribution in [0.3, 0.4) is 0 Å². The Labute approximate surface area is 90.7 Å². The molecule has 0 aromatic carbocycles. The van der Waals surface area contributed by atoms with E-state index in [1.165, 1.54) is 45.1 Å². The van der Waals surface area contributed by atoms with Crippen LogP contribution in [-0.2, 0) is 0 Å².